The van der Waals surface area contributed by atoms with Crippen molar-refractivity contribution >= 4 is 0 Å². The monoisotopic (exact) mass is 250 g/mol. The van der Waals surface area contributed by atoms with Gasteiger partial charge < -0.3 is 20.5 Å². The highest BCUT2D eigenvalue weighted by atomic mass is 16.5. The van der Waals surface area contributed by atoms with Crippen LogP contribution < -0.4 is 20.5 Å². The Morgan fingerprint density at radius 2 is 1.94 bits per heavy atom. The van der Waals surface area contributed by atoms with Crippen LogP contribution >= 0.6 is 0 Å². The quantitative estimate of drug-likeness (QED) is 0.852. The second-order valence-electron chi connectivity index (χ2n) is 4.81. The number of rotatable bonds is 4. The van der Waals surface area contributed by atoms with Gasteiger partial charge in [-0.2, -0.15) is 0 Å². The Hall–Kier alpha value is -1.26. The zero-order chi connectivity index (χ0) is 13.1. The zero-order valence-corrected chi connectivity index (χ0v) is 11.3. The lowest BCUT2D eigenvalue weighted by atomic mass is 9.88. The lowest BCUT2D eigenvalue weighted by Crippen LogP contribution is -2.38. The maximum atomic E-state index is 5.69. The summed E-state index contributed by atoms with van der Waals surface area (Å²) >= 11 is 0. The molecule has 0 radical (unpaired) electrons. The standard InChI is InChI=1S/C14H22N2O2/c1-9-6-10-7-13(17-2)14(18-3)8-11(10)12(16-9)4-5-15/h7-9,12,16H,4-6,15H2,1-3H3/t9-,12+/m0/s1. The Kier molecular flexibility index (Phi) is 4.09. The van der Waals surface area contributed by atoms with E-state index < -0.39 is 0 Å². The van der Waals surface area contributed by atoms with E-state index in [-0.39, 0.29) is 0 Å². The van der Waals surface area contributed by atoms with Crippen molar-refractivity contribution in [2.45, 2.75) is 31.8 Å². The van der Waals surface area contributed by atoms with Crippen LogP contribution in [0.4, 0.5) is 0 Å². The van der Waals surface area contributed by atoms with Crippen LogP contribution in [-0.2, 0) is 6.42 Å². The topological polar surface area (TPSA) is 56.5 Å². The molecule has 0 bridgehead atoms. The molecular weight excluding hydrogens is 228 g/mol. The number of methoxy groups -OCH3 is 2. The number of hydrogen-bond donors (Lipinski definition) is 2. The van der Waals surface area contributed by atoms with Crippen molar-refractivity contribution in [1.82, 2.24) is 5.32 Å². The summed E-state index contributed by atoms with van der Waals surface area (Å²) in [6.07, 6.45) is 1.95. The highest BCUT2D eigenvalue weighted by molar-refractivity contribution is 5.49. The minimum absolute atomic E-state index is 0.313. The molecule has 2 rings (SSSR count). The summed E-state index contributed by atoms with van der Waals surface area (Å²) in [5.74, 6) is 1.59. The van der Waals surface area contributed by atoms with E-state index in [1.54, 1.807) is 14.2 Å². The van der Waals surface area contributed by atoms with Gasteiger partial charge in [-0.3, -0.25) is 0 Å². The summed E-state index contributed by atoms with van der Waals surface area (Å²) in [4.78, 5) is 0. The van der Waals surface area contributed by atoms with Gasteiger partial charge in [0.05, 0.1) is 14.2 Å². The molecule has 0 fully saturated rings. The van der Waals surface area contributed by atoms with Gasteiger partial charge >= 0.3 is 0 Å². The summed E-state index contributed by atoms with van der Waals surface area (Å²) in [5.41, 5.74) is 8.31. The van der Waals surface area contributed by atoms with Gasteiger partial charge in [-0.05, 0) is 49.6 Å². The van der Waals surface area contributed by atoms with Gasteiger partial charge in [0, 0.05) is 12.1 Å². The van der Waals surface area contributed by atoms with E-state index in [0.717, 1.165) is 24.3 Å². The molecule has 0 unspecified atom stereocenters. The first-order valence-corrected chi connectivity index (χ1v) is 6.40. The molecule has 0 saturated carbocycles. The molecular formula is C14H22N2O2. The van der Waals surface area contributed by atoms with E-state index >= 15 is 0 Å². The van der Waals surface area contributed by atoms with E-state index in [1.807, 2.05) is 0 Å². The van der Waals surface area contributed by atoms with Crippen molar-refractivity contribution in [3.05, 3.63) is 23.3 Å². The second-order valence-corrected chi connectivity index (χ2v) is 4.81. The number of hydrogen-bond acceptors (Lipinski definition) is 4. The van der Waals surface area contributed by atoms with Gasteiger partial charge in [0.1, 0.15) is 0 Å². The van der Waals surface area contributed by atoms with Crippen LogP contribution in [0.2, 0.25) is 0 Å². The first-order chi connectivity index (χ1) is 8.69. The summed E-state index contributed by atoms with van der Waals surface area (Å²) in [6, 6.07) is 4.95. The molecule has 1 aromatic rings. The third-order valence-electron chi connectivity index (χ3n) is 3.49. The first-order valence-electron chi connectivity index (χ1n) is 6.40. The van der Waals surface area contributed by atoms with Gasteiger partial charge in [-0.1, -0.05) is 0 Å². The van der Waals surface area contributed by atoms with E-state index in [2.05, 4.69) is 24.4 Å². The highest BCUT2D eigenvalue weighted by Crippen LogP contribution is 2.36. The fraction of sp³-hybridized carbons (Fsp3) is 0.571. The van der Waals surface area contributed by atoms with Crippen LogP contribution in [0.3, 0.4) is 0 Å². The first kappa shape index (κ1) is 13.2. The molecule has 0 aliphatic carbocycles. The Labute approximate surface area is 108 Å². The second kappa shape index (κ2) is 5.59. The predicted molar refractivity (Wildman–Crippen MR) is 72.3 cm³/mol. The molecule has 4 heteroatoms. The van der Waals surface area contributed by atoms with Crippen molar-refractivity contribution < 1.29 is 9.47 Å². The van der Waals surface area contributed by atoms with Gasteiger partial charge in [-0.15, -0.1) is 0 Å². The van der Waals surface area contributed by atoms with Crippen LogP contribution in [0.15, 0.2) is 12.1 Å². The lowest BCUT2D eigenvalue weighted by molar-refractivity contribution is 0.348. The fourth-order valence-electron chi connectivity index (χ4n) is 2.67. The van der Waals surface area contributed by atoms with E-state index in [0.29, 0.717) is 18.6 Å². The average molecular weight is 250 g/mol. The fourth-order valence-corrected chi connectivity index (χ4v) is 2.67. The molecule has 3 N–H and O–H groups in total. The molecule has 2 atom stereocenters. The maximum absolute atomic E-state index is 5.69. The molecule has 100 valence electrons. The van der Waals surface area contributed by atoms with Crippen LogP contribution in [0.1, 0.15) is 30.5 Å². The van der Waals surface area contributed by atoms with Gasteiger partial charge in [0.2, 0.25) is 0 Å². The van der Waals surface area contributed by atoms with Crippen LogP contribution in [0, 0.1) is 0 Å². The normalized spacial score (nSPS) is 22.4. The zero-order valence-electron chi connectivity index (χ0n) is 11.3. The third-order valence-corrected chi connectivity index (χ3v) is 3.49. The summed E-state index contributed by atoms with van der Waals surface area (Å²) in [6.45, 7) is 2.88. The van der Waals surface area contributed by atoms with Crippen molar-refractivity contribution in [2.75, 3.05) is 20.8 Å². The largest absolute Gasteiger partial charge is 0.493 e. The molecule has 1 heterocycles. The SMILES string of the molecule is COc1cc2c(cc1OC)[C@@H](CCN)N[C@@H](C)C2. The molecule has 0 saturated heterocycles. The Balaban J connectivity index is 2.42. The number of nitrogens with two attached hydrogens (primary N) is 1. The van der Waals surface area contributed by atoms with Crippen molar-refractivity contribution in [3.63, 3.8) is 0 Å². The average Bonchev–Trinajstić information content (AvgIpc) is 2.37. The number of ether oxygens (including phenoxy) is 2. The van der Waals surface area contributed by atoms with Crippen molar-refractivity contribution in [2.24, 2.45) is 5.73 Å². The maximum Gasteiger partial charge on any atom is 0.161 e. The summed E-state index contributed by atoms with van der Waals surface area (Å²) < 4.78 is 10.7. The van der Waals surface area contributed by atoms with Gasteiger partial charge in [0.15, 0.2) is 11.5 Å². The van der Waals surface area contributed by atoms with Gasteiger partial charge in [-0.25, -0.2) is 0 Å². The Morgan fingerprint density at radius 1 is 1.28 bits per heavy atom. The van der Waals surface area contributed by atoms with Crippen molar-refractivity contribution in [3.8, 4) is 11.5 Å². The summed E-state index contributed by atoms with van der Waals surface area (Å²) in [7, 11) is 3.34. The minimum atomic E-state index is 0.313. The molecule has 0 amide bonds. The van der Waals surface area contributed by atoms with E-state index in [9.17, 15) is 0 Å². The van der Waals surface area contributed by atoms with Crippen molar-refractivity contribution in [1.29, 1.82) is 0 Å². The van der Waals surface area contributed by atoms with Crippen LogP contribution in [-0.4, -0.2) is 26.8 Å². The number of nitrogens with one attached hydrogen (secondary N) is 1. The Morgan fingerprint density at radius 3 is 2.56 bits per heavy atom. The molecule has 0 spiro atoms. The highest BCUT2D eigenvalue weighted by Gasteiger charge is 2.25. The van der Waals surface area contributed by atoms with Gasteiger partial charge in [0.25, 0.3) is 0 Å². The number of fused-ring (bicyclic) bond motifs is 1. The molecule has 1 aromatic carbocycles. The van der Waals surface area contributed by atoms with Crippen LogP contribution in [0.25, 0.3) is 0 Å². The predicted octanol–water partition coefficient (Wildman–Crippen LogP) is 1.63. The smallest absolute Gasteiger partial charge is 0.161 e. The minimum Gasteiger partial charge on any atom is -0.493 e. The molecule has 0 aromatic heterocycles. The molecule has 1 aliphatic rings. The molecule has 1 aliphatic heterocycles. The Bertz CT molecular complexity index is 421. The van der Waals surface area contributed by atoms with E-state index in [1.165, 1.54) is 11.1 Å². The molecule has 4 nitrogen and oxygen atoms in total. The number of benzene rings is 1. The van der Waals surface area contributed by atoms with E-state index in [4.69, 9.17) is 15.2 Å². The lowest BCUT2D eigenvalue weighted by Gasteiger charge is -2.32. The third kappa shape index (κ3) is 2.44. The molecule has 18 heavy (non-hydrogen) atoms. The summed E-state index contributed by atoms with van der Waals surface area (Å²) in [5, 5.41) is 3.59. The van der Waals surface area contributed by atoms with Crippen LogP contribution in [0.5, 0.6) is 11.5 Å².